The Kier molecular flexibility index (Phi) is 5.61. The summed E-state index contributed by atoms with van der Waals surface area (Å²) in [6.45, 7) is 0. The van der Waals surface area contributed by atoms with E-state index < -0.39 is 29.4 Å². The molecule has 30 heavy (non-hydrogen) atoms. The summed E-state index contributed by atoms with van der Waals surface area (Å²) in [4.78, 5) is 10.9. The number of aliphatic carboxylic acids is 1. The van der Waals surface area contributed by atoms with Crippen LogP contribution in [0.5, 0.6) is 0 Å². The molecule has 0 unspecified atom stereocenters. The van der Waals surface area contributed by atoms with Crippen LogP contribution in [0.4, 0.5) is 26.3 Å². The molecule has 2 nitrogen and oxygen atoms in total. The van der Waals surface area contributed by atoms with Crippen LogP contribution in [0, 0.1) is 0 Å². The van der Waals surface area contributed by atoms with Crippen molar-refractivity contribution in [3.05, 3.63) is 83.4 Å². The standard InChI is InChI=1S/C22H14F6O2/c23-21(24,25)17-7-4-14(5-8-17)18-12-16(6-9-19(18)22(26,27)28)15-3-1-2-13(10-15)11-20(29)30/h1-10,12H,11H2,(H,29,30). The van der Waals surface area contributed by atoms with Crippen molar-refractivity contribution in [2.45, 2.75) is 18.8 Å². The van der Waals surface area contributed by atoms with Crippen LogP contribution in [-0.4, -0.2) is 11.1 Å². The minimum absolute atomic E-state index is 0.0149. The molecule has 0 fully saturated rings. The van der Waals surface area contributed by atoms with E-state index in [0.29, 0.717) is 16.7 Å². The van der Waals surface area contributed by atoms with E-state index in [4.69, 9.17) is 5.11 Å². The summed E-state index contributed by atoms with van der Waals surface area (Å²) >= 11 is 0. The van der Waals surface area contributed by atoms with Crippen LogP contribution in [0.15, 0.2) is 66.7 Å². The summed E-state index contributed by atoms with van der Waals surface area (Å²) < 4.78 is 78.8. The van der Waals surface area contributed by atoms with Crippen molar-refractivity contribution in [1.82, 2.24) is 0 Å². The van der Waals surface area contributed by atoms with Crippen molar-refractivity contribution in [2.75, 3.05) is 0 Å². The van der Waals surface area contributed by atoms with Crippen molar-refractivity contribution in [1.29, 1.82) is 0 Å². The van der Waals surface area contributed by atoms with Crippen LogP contribution in [0.3, 0.4) is 0 Å². The van der Waals surface area contributed by atoms with Gasteiger partial charge >= 0.3 is 18.3 Å². The van der Waals surface area contributed by atoms with Gasteiger partial charge in [-0.1, -0.05) is 42.5 Å². The highest BCUT2D eigenvalue weighted by Crippen LogP contribution is 2.40. The average molecular weight is 424 g/mol. The lowest BCUT2D eigenvalue weighted by atomic mass is 9.93. The largest absolute Gasteiger partial charge is 0.481 e. The number of hydrogen-bond acceptors (Lipinski definition) is 1. The van der Waals surface area contributed by atoms with Gasteiger partial charge in [0.25, 0.3) is 0 Å². The first-order chi connectivity index (χ1) is 13.9. The Morgan fingerprint density at radius 3 is 1.90 bits per heavy atom. The van der Waals surface area contributed by atoms with E-state index in [0.717, 1.165) is 30.3 Å². The second-order valence-electron chi connectivity index (χ2n) is 6.60. The van der Waals surface area contributed by atoms with Gasteiger partial charge in [-0.05, 0) is 52.1 Å². The van der Waals surface area contributed by atoms with Gasteiger partial charge in [-0.15, -0.1) is 0 Å². The molecule has 0 saturated carbocycles. The minimum Gasteiger partial charge on any atom is -0.481 e. The van der Waals surface area contributed by atoms with Crippen LogP contribution < -0.4 is 0 Å². The molecule has 0 amide bonds. The van der Waals surface area contributed by atoms with E-state index in [-0.39, 0.29) is 17.5 Å². The van der Waals surface area contributed by atoms with E-state index in [1.54, 1.807) is 24.3 Å². The number of carboxylic acid groups (broad SMARTS) is 1. The van der Waals surface area contributed by atoms with Crippen LogP contribution in [0.2, 0.25) is 0 Å². The van der Waals surface area contributed by atoms with Crippen molar-refractivity contribution in [2.24, 2.45) is 0 Å². The summed E-state index contributed by atoms with van der Waals surface area (Å²) in [5.74, 6) is -1.05. The number of benzene rings is 3. The number of hydrogen-bond donors (Lipinski definition) is 1. The Hall–Kier alpha value is -3.29. The molecule has 0 spiro atoms. The normalized spacial score (nSPS) is 12.1. The first-order valence-corrected chi connectivity index (χ1v) is 8.65. The maximum Gasteiger partial charge on any atom is 0.417 e. The highest BCUT2D eigenvalue weighted by atomic mass is 19.4. The second kappa shape index (κ2) is 7.85. The summed E-state index contributed by atoms with van der Waals surface area (Å²) in [5, 5.41) is 8.92. The average Bonchev–Trinajstić information content (AvgIpc) is 2.66. The van der Waals surface area contributed by atoms with E-state index in [2.05, 4.69) is 0 Å². The van der Waals surface area contributed by atoms with Gasteiger partial charge in [0, 0.05) is 0 Å². The summed E-state index contributed by atoms with van der Waals surface area (Å²) in [5.41, 5.74) is -0.877. The molecule has 0 aliphatic carbocycles. The monoisotopic (exact) mass is 424 g/mol. The van der Waals surface area contributed by atoms with Crippen LogP contribution in [-0.2, 0) is 23.6 Å². The lowest BCUT2D eigenvalue weighted by Crippen LogP contribution is -2.08. The molecule has 0 atom stereocenters. The summed E-state index contributed by atoms with van der Waals surface area (Å²) in [6.07, 6.45) is -9.56. The zero-order valence-corrected chi connectivity index (χ0v) is 15.2. The Morgan fingerprint density at radius 1 is 0.733 bits per heavy atom. The van der Waals surface area contributed by atoms with Crippen molar-refractivity contribution < 1.29 is 36.2 Å². The number of carbonyl (C=O) groups is 1. The topological polar surface area (TPSA) is 37.3 Å². The van der Waals surface area contributed by atoms with Gasteiger partial charge in [-0.3, -0.25) is 4.79 Å². The highest BCUT2D eigenvalue weighted by Gasteiger charge is 2.34. The number of alkyl halides is 6. The van der Waals surface area contributed by atoms with Gasteiger partial charge in [0.05, 0.1) is 17.5 Å². The molecule has 0 radical (unpaired) electrons. The SMILES string of the molecule is O=C(O)Cc1cccc(-c2ccc(C(F)(F)F)c(-c3ccc(C(F)(F)F)cc3)c2)c1. The number of rotatable bonds is 4. The van der Waals surface area contributed by atoms with Gasteiger partial charge in [-0.25, -0.2) is 0 Å². The molecule has 8 heteroatoms. The Bertz CT molecular complexity index is 1070. The molecule has 3 aromatic carbocycles. The predicted molar refractivity (Wildman–Crippen MR) is 98.7 cm³/mol. The minimum atomic E-state index is -4.71. The molecule has 3 rings (SSSR count). The van der Waals surface area contributed by atoms with Crippen molar-refractivity contribution in [3.63, 3.8) is 0 Å². The first-order valence-electron chi connectivity index (χ1n) is 8.65. The number of carboxylic acids is 1. The van der Waals surface area contributed by atoms with Gasteiger partial charge < -0.3 is 5.11 Å². The third-order valence-electron chi connectivity index (χ3n) is 4.46. The predicted octanol–water partition coefficient (Wildman–Crippen LogP) is 6.69. The van der Waals surface area contributed by atoms with Gasteiger partial charge in [0.15, 0.2) is 0 Å². The summed E-state index contributed by atoms with van der Waals surface area (Å²) in [6, 6.07) is 13.1. The molecule has 0 aliphatic heterocycles. The van der Waals surface area contributed by atoms with E-state index >= 15 is 0 Å². The maximum absolute atomic E-state index is 13.5. The van der Waals surface area contributed by atoms with E-state index in [1.165, 1.54) is 12.1 Å². The highest BCUT2D eigenvalue weighted by molar-refractivity contribution is 5.77. The van der Waals surface area contributed by atoms with Crippen molar-refractivity contribution >= 4 is 5.97 Å². The third kappa shape index (κ3) is 4.82. The van der Waals surface area contributed by atoms with Crippen LogP contribution >= 0.6 is 0 Å². The molecule has 0 aromatic heterocycles. The Morgan fingerprint density at radius 2 is 1.33 bits per heavy atom. The van der Waals surface area contributed by atoms with E-state index in [9.17, 15) is 31.1 Å². The fourth-order valence-electron chi connectivity index (χ4n) is 3.08. The zero-order chi connectivity index (χ0) is 22.1. The fourth-order valence-corrected chi connectivity index (χ4v) is 3.08. The maximum atomic E-state index is 13.5. The first kappa shape index (κ1) is 21.4. The van der Waals surface area contributed by atoms with Crippen LogP contribution in [0.1, 0.15) is 16.7 Å². The summed E-state index contributed by atoms with van der Waals surface area (Å²) in [7, 11) is 0. The third-order valence-corrected chi connectivity index (χ3v) is 4.46. The van der Waals surface area contributed by atoms with E-state index in [1.807, 2.05) is 0 Å². The number of halogens is 6. The molecule has 1 N–H and O–H groups in total. The van der Waals surface area contributed by atoms with Gasteiger partial charge in [-0.2, -0.15) is 26.3 Å². The molecule has 0 aliphatic rings. The van der Waals surface area contributed by atoms with Gasteiger partial charge in [0.1, 0.15) is 0 Å². The van der Waals surface area contributed by atoms with Crippen LogP contribution in [0.25, 0.3) is 22.3 Å². The van der Waals surface area contributed by atoms with Crippen molar-refractivity contribution in [3.8, 4) is 22.3 Å². The molecule has 0 bridgehead atoms. The quantitative estimate of drug-likeness (QED) is 0.474. The fraction of sp³-hybridized carbons (Fsp3) is 0.136. The zero-order valence-electron chi connectivity index (χ0n) is 15.2. The molecule has 0 heterocycles. The molecule has 156 valence electrons. The molecule has 0 saturated heterocycles. The Labute approximate surface area is 167 Å². The Balaban J connectivity index is 2.11. The smallest absolute Gasteiger partial charge is 0.417 e. The molecular weight excluding hydrogens is 410 g/mol. The lowest BCUT2D eigenvalue weighted by molar-refractivity contribution is -0.138. The molecule has 3 aromatic rings. The second-order valence-corrected chi connectivity index (χ2v) is 6.60. The van der Waals surface area contributed by atoms with Gasteiger partial charge in [0.2, 0.25) is 0 Å². The molecular formula is C22H14F6O2. The lowest BCUT2D eigenvalue weighted by Gasteiger charge is -2.16.